The van der Waals surface area contributed by atoms with E-state index in [0.29, 0.717) is 23.7 Å². The Morgan fingerprint density at radius 3 is 2.37 bits per heavy atom. The molecule has 0 aliphatic carbocycles. The Hall–Kier alpha value is -1.51. The van der Waals surface area contributed by atoms with Crippen LogP contribution in [0.4, 0.5) is 5.13 Å². The van der Waals surface area contributed by atoms with Crippen molar-refractivity contribution in [3.05, 3.63) is 18.2 Å². The number of carbonyl (C=O) groups excluding carboxylic acids is 1. The van der Waals surface area contributed by atoms with Crippen LogP contribution in [-0.4, -0.2) is 36.7 Å². The second-order valence-corrected chi connectivity index (χ2v) is 9.87. The number of nitrogens with zero attached hydrogens (tertiary/aromatic N) is 2. The SMILES string of the molecule is CCCCN(CCCC)S(=O)(=O)c1ccc2nc(NC(=O)C(C)C)sc2c1. The summed E-state index contributed by atoms with van der Waals surface area (Å²) in [7, 11) is -3.54. The number of amides is 1. The Morgan fingerprint density at radius 2 is 1.81 bits per heavy atom. The van der Waals surface area contributed by atoms with Crippen molar-refractivity contribution in [2.75, 3.05) is 18.4 Å². The van der Waals surface area contributed by atoms with E-state index in [2.05, 4.69) is 24.1 Å². The van der Waals surface area contributed by atoms with Crippen LogP contribution in [0.1, 0.15) is 53.4 Å². The van der Waals surface area contributed by atoms with Gasteiger partial charge in [0.05, 0.1) is 15.1 Å². The lowest BCUT2D eigenvalue weighted by Crippen LogP contribution is -2.33. The maximum Gasteiger partial charge on any atom is 0.243 e. The molecule has 0 aliphatic heterocycles. The molecule has 0 fully saturated rings. The van der Waals surface area contributed by atoms with E-state index >= 15 is 0 Å². The number of sulfonamides is 1. The summed E-state index contributed by atoms with van der Waals surface area (Å²) in [6.07, 6.45) is 3.59. The summed E-state index contributed by atoms with van der Waals surface area (Å²) >= 11 is 1.29. The van der Waals surface area contributed by atoms with Crippen molar-refractivity contribution >= 4 is 42.6 Å². The molecule has 0 unspecified atom stereocenters. The molecule has 0 spiro atoms. The Balaban J connectivity index is 2.31. The second kappa shape index (κ2) is 9.61. The zero-order valence-corrected chi connectivity index (χ0v) is 18.1. The summed E-state index contributed by atoms with van der Waals surface area (Å²) in [4.78, 5) is 16.5. The van der Waals surface area contributed by atoms with E-state index in [9.17, 15) is 13.2 Å². The van der Waals surface area contributed by atoms with Gasteiger partial charge in [0.25, 0.3) is 0 Å². The molecule has 0 radical (unpaired) electrons. The molecule has 2 aromatic rings. The fraction of sp³-hybridized carbons (Fsp3) is 0.579. The van der Waals surface area contributed by atoms with Gasteiger partial charge in [-0.15, -0.1) is 0 Å². The van der Waals surface area contributed by atoms with Gasteiger partial charge in [-0.1, -0.05) is 51.9 Å². The zero-order chi connectivity index (χ0) is 20.0. The predicted molar refractivity (Wildman–Crippen MR) is 112 cm³/mol. The third kappa shape index (κ3) is 5.49. The Morgan fingerprint density at radius 1 is 1.19 bits per heavy atom. The number of hydrogen-bond acceptors (Lipinski definition) is 5. The van der Waals surface area contributed by atoms with Crippen molar-refractivity contribution in [2.45, 2.75) is 58.3 Å². The molecule has 1 aromatic heterocycles. The van der Waals surface area contributed by atoms with Crippen LogP contribution in [0, 0.1) is 5.92 Å². The van der Waals surface area contributed by atoms with E-state index in [0.717, 1.165) is 30.4 Å². The highest BCUT2D eigenvalue weighted by Gasteiger charge is 2.24. The van der Waals surface area contributed by atoms with Crippen molar-refractivity contribution in [1.29, 1.82) is 0 Å². The number of fused-ring (bicyclic) bond motifs is 1. The van der Waals surface area contributed by atoms with Gasteiger partial charge >= 0.3 is 0 Å². The van der Waals surface area contributed by atoms with Crippen molar-refractivity contribution in [3.63, 3.8) is 0 Å². The van der Waals surface area contributed by atoms with Crippen LogP contribution < -0.4 is 5.32 Å². The number of aromatic nitrogens is 1. The van der Waals surface area contributed by atoms with Gasteiger partial charge in [-0.2, -0.15) is 4.31 Å². The molecule has 0 saturated carbocycles. The largest absolute Gasteiger partial charge is 0.302 e. The molecule has 27 heavy (non-hydrogen) atoms. The van der Waals surface area contributed by atoms with Crippen molar-refractivity contribution < 1.29 is 13.2 Å². The molecule has 6 nitrogen and oxygen atoms in total. The van der Waals surface area contributed by atoms with Gasteiger partial charge in [0, 0.05) is 19.0 Å². The van der Waals surface area contributed by atoms with E-state index in [1.807, 2.05) is 13.8 Å². The summed E-state index contributed by atoms with van der Waals surface area (Å²) in [5.74, 6) is -0.245. The molecule has 150 valence electrons. The molecule has 1 N–H and O–H groups in total. The van der Waals surface area contributed by atoms with Crippen molar-refractivity contribution in [2.24, 2.45) is 5.92 Å². The summed E-state index contributed by atoms with van der Waals surface area (Å²) in [6.45, 7) is 8.81. The van der Waals surface area contributed by atoms with Crippen molar-refractivity contribution in [3.8, 4) is 0 Å². The second-order valence-electron chi connectivity index (χ2n) is 6.90. The number of nitrogens with one attached hydrogen (secondary N) is 1. The highest BCUT2D eigenvalue weighted by Crippen LogP contribution is 2.29. The average molecular weight is 412 g/mol. The number of benzene rings is 1. The molecule has 0 bridgehead atoms. The number of thiazole rings is 1. The average Bonchev–Trinajstić information content (AvgIpc) is 3.02. The van der Waals surface area contributed by atoms with Crippen LogP contribution in [0.3, 0.4) is 0 Å². The maximum atomic E-state index is 13.1. The maximum absolute atomic E-state index is 13.1. The molecule has 1 amide bonds. The monoisotopic (exact) mass is 411 g/mol. The fourth-order valence-electron chi connectivity index (χ4n) is 2.54. The molecule has 0 aliphatic rings. The summed E-state index contributed by atoms with van der Waals surface area (Å²) < 4.78 is 28.5. The van der Waals surface area contributed by atoms with Gasteiger partial charge in [0.1, 0.15) is 0 Å². The minimum absolute atomic E-state index is 0.104. The van der Waals surface area contributed by atoms with E-state index in [1.54, 1.807) is 22.5 Å². The highest BCUT2D eigenvalue weighted by molar-refractivity contribution is 7.89. The first-order valence-corrected chi connectivity index (χ1v) is 11.8. The molecule has 1 heterocycles. The van der Waals surface area contributed by atoms with Gasteiger partial charge in [-0.3, -0.25) is 4.79 Å². The predicted octanol–water partition coefficient (Wildman–Crippen LogP) is 4.48. The van der Waals surface area contributed by atoms with Crippen LogP contribution in [0.15, 0.2) is 23.1 Å². The van der Waals surface area contributed by atoms with Crippen molar-refractivity contribution in [1.82, 2.24) is 9.29 Å². The number of anilines is 1. The molecule has 8 heteroatoms. The van der Waals surface area contributed by atoms with Crippen LogP contribution in [-0.2, 0) is 14.8 Å². The summed E-state index contributed by atoms with van der Waals surface area (Å²) in [5.41, 5.74) is 0.687. The molecule has 0 saturated heterocycles. The Labute approximate surface area is 166 Å². The third-order valence-electron chi connectivity index (χ3n) is 4.27. The van der Waals surface area contributed by atoms with Gasteiger partial charge in [0.2, 0.25) is 15.9 Å². The molecular formula is C19H29N3O3S2. The standard InChI is InChI=1S/C19H29N3O3S2/c1-5-7-11-22(12-8-6-2)27(24,25)15-9-10-16-17(13-15)26-19(20-16)21-18(23)14(3)4/h9-10,13-14H,5-8,11-12H2,1-4H3,(H,20,21,23). The Bertz CT molecular complexity index is 867. The summed E-state index contributed by atoms with van der Waals surface area (Å²) in [6, 6.07) is 4.98. The smallest absolute Gasteiger partial charge is 0.243 e. The lowest BCUT2D eigenvalue weighted by atomic mass is 10.2. The summed E-state index contributed by atoms with van der Waals surface area (Å²) in [5, 5.41) is 3.27. The van der Waals surface area contributed by atoms with E-state index in [-0.39, 0.29) is 16.7 Å². The highest BCUT2D eigenvalue weighted by atomic mass is 32.2. The lowest BCUT2D eigenvalue weighted by molar-refractivity contribution is -0.118. The minimum Gasteiger partial charge on any atom is -0.302 e. The van der Waals surface area contributed by atoms with E-state index in [4.69, 9.17) is 0 Å². The van der Waals surface area contributed by atoms with Crippen LogP contribution in [0.5, 0.6) is 0 Å². The number of rotatable bonds is 10. The van der Waals surface area contributed by atoms with Gasteiger partial charge in [0.15, 0.2) is 5.13 Å². The minimum atomic E-state index is -3.54. The molecule has 1 aromatic carbocycles. The third-order valence-corrected chi connectivity index (χ3v) is 7.10. The Kier molecular flexibility index (Phi) is 7.76. The van der Waals surface area contributed by atoms with Crippen LogP contribution >= 0.6 is 11.3 Å². The lowest BCUT2D eigenvalue weighted by Gasteiger charge is -2.21. The zero-order valence-electron chi connectivity index (χ0n) is 16.5. The fourth-order valence-corrected chi connectivity index (χ4v) is 5.07. The quantitative estimate of drug-likeness (QED) is 0.625. The topological polar surface area (TPSA) is 79.4 Å². The van der Waals surface area contributed by atoms with E-state index < -0.39 is 10.0 Å². The van der Waals surface area contributed by atoms with Gasteiger partial charge in [-0.05, 0) is 31.0 Å². The van der Waals surface area contributed by atoms with E-state index in [1.165, 1.54) is 11.3 Å². The molecule has 2 rings (SSSR count). The first-order chi connectivity index (χ1) is 12.8. The first-order valence-electron chi connectivity index (χ1n) is 9.51. The molecular weight excluding hydrogens is 382 g/mol. The number of unbranched alkanes of at least 4 members (excludes halogenated alkanes) is 2. The normalized spacial score (nSPS) is 12.2. The van der Waals surface area contributed by atoms with Gasteiger partial charge < -0.3 is 5.32 Å². The van der Waals surface area contributed by atoms with Crippen LogP contribution in [0.25, 0.3) is 10.2 Å². The first kappa shape index (κ1) is 21.8. The molecule has 0 atom stereocenters. The number of hydrogen-bond donors (Lipinski definition) is 1. The van der Waals surface area contributed by atoms with Crippen LogP contribution in [0.2, 0.25) is 0 Å². The van der Waals surface area contributed by atoms with Gasteiger partial charge in [-0.25, -0.2) is 13.4 Å². The number of carbonyl (C=O) groups is 1.